The van der Waals surface area contributed by atoms with E-state index in [0.29, 0.717) is 11.8 Å². The quantitative estimate of drug-likeness (QED) is 0.889. The molecule has 4 nitrogen and oxygen atoms in total. The summed E-state index contributed by atoms with van der Waals surface area (Å²) < 4.78 is 0. The summed E-state index contributed by atoms with van der Waals surface area (Å²) in [5.74, 6) is 1.21. The number of hydrogen-bond donors (Lipinski definition) is 2. The molecule has 108 valence electrons. The van der Waals surface area contributed by atoms with Crippen molar-refractivity contribution >= 4 is 11.6 Å². The summed E-state index contributed by atoms with van der Waals surface area (Å²) >= 11 is 0. The molecule has 2 aliphatic rings. The molecule has 1 amide bonds. The van der Waals surface area contributed by atoms with E-state index in [1.807, 2.05) is 13.8 Å². The van der Waals surface area contributed by atoms with E-state index in [1.165, 1.54) is 11.1 Å². The van der Waals surface area contributed by atoms with Gasteiger partial charge in [-0.05, 0) is 49.7 Å². The second kappa shape index (κ2) is 4.45. The Bertz CT molecular complexity index is 699. The van der Waals surface area contributed by atoms with Gasteiger partial charge in [-0.1, -0.05) is 24.3 Å². The van der Waals surface area contributed by atoms with Crippen molar-refractivity contribution < 1.29 is 4.79 Å². The lowest BCUT2D eigenvalue weighted by Gasteiger charge is -2.13. The van der Waals surface area contributed by atoms with Crippen molar-refractivity contribution in [3.8, 4) is 0 Å². The zero-order valence-corrected chi connectivity index (χ0v) is 12.3. The zero-order valence-electron chi connectivity index (χ0n) is 12.3. The number of carbonyl (C=O) groups excluding carboxylic acids is 1. The number of hydrogen-bond acceptors (Lipinski definition) is 2. The molecule has 0 spiro atoms. The minimum Gasteiger partial charge on any atom is -0.323 e. The van der Waals surface area contributed by atoms with Gasteiger partial charge in [0.2, 0.25) is 5.91 Å². The number of rotatable bonds is 2. The Hall–Kier alpha value is -2.10. The highest BCUT2D eigenvalue weighted by Gasteiger charge is 2.57. The first-order chi connectivity index (χ1) is 10.2. The van der Waals surface area contributed by atoms with Crippen molar-refractivity contribution in [2.45, 2.75) is 32.6 Å². The van der Waals surface area contributed by atoms with Gasteiger partial charge < -0.3 is 5.32 Å². The van der Waals surface area contributed by atoms with Crippen molar-refractivity contribution in [2.75, 3.05) is 5.32 Å². The van der Waals surface area contributed by atoms with Crippen molar-refractivity contribution in [1.29, 1.82) is 0 Å². The first-order valence-electron chi connectivity index (χ1n) is 7.57. The molecule has 3 unspecified atom stereocenters. The molecule has 1 heterocycles. The normalized spacial score (nSPS) is 25.9. The number of aryl methyl sites for hydroxylation is 3. The van der Waals surface area contributed by atoms with Crippen molar-refractivity contribution in [3.63, 3.8) is 0 Å². The van der Waals surface area contributed by atoms with Gasteiger partial charge in [0.05, 0.1) is 17.1 Å². The highest BCUT2D eigenvalue weighted by molar-refractivity contribution is 5.96. The van der Waals surface area contributed by atoms with Gasteiger partial charge in [0, 0.05) is 5.92 Å². The minimum absolute atomic E-state index is 0.127. The lowest BCUT2D eigenvalue weighted by Crippen LogP contribution is -2.16. The van der Waals surface area contributed by atoms with E-state index < -0.39 is 0 Å². The van der Waals surface area contributed by atoms with Crippen LogP contribution in [0.15, 0.2) is 24.3 Å². The lowest BCUT2D eigenvalue weighted by atomic mass is 9.92. The van der Waals surface area contributed by atoms with E-state index in [0.717, 1.165) is 29.9 Å². The highest BCUT2D eigenvalue weighted by atomic mass is 16.2. The van der Waals surface area contributed by atoms with Crippen LogP contribution in [-0.4, -0.2) is 16.1 Å². The second-order valence-electron chi connectivity index (χ2n) is 6.25. The van der Waals surface area contributed by atoms with E-state index in [2.05, 4.69) is 39.8 Å². The van der Waals surface area contributed by atoms with Crippen LogP contribution in [0.2, 0.25) is 0 Å². The van der Waals surface area contributed by atoms with Crippen molar-refractivity contribution in [1.82, 2.24) is 10.2 Å². The smallest absolute Gasteiger partial charge is 0.228 e. The summed E-state index contributed by atoms with van der Waals surface area (Å²) in [7, 11) is 0. The largest absolute Gasteiger partial charge is 0.323 e. The fraction of sp³-hybridized carbons (Fsp3) is 0.412. The topological polar surface area (TPSA) is 57.8 Å². The molecule has 4 rings (SSSR count). The number of amides is 1. The van der Waals surface area contributed by atoms with Gasteiger partial charge in [0.25, 0.3) is 0 Å². The summed E-state index contributed by atoms with van der Waals surface area (Å²) in [6.07, 6.45) is 2.23. The van der Waals surface area contributed by atoms with E-state index >= 15 is 0 Å². The second-order valence-corrected chi connectivity index (χ2v) is 6.25. The van der Waals surface area contributed by atoms with Crippen LogP contribution in [0.5, 0.6) is 0 Å². The van der Waals surface area contributed by atoms with Gasteiger partial charge in [-0.25, -0.2) is 0 Å². The molecular weight excluding hydrogens is 262 g/mol. The molecule has 0 bridgehead atoms. The Morgan fingerprint density at radius 2 is 2.14 bits per heavy atom. The van der Waals surface area contributed by atoms with Crippen LogP contribution < -0.4 is 5.32 Å². The molecule has 0 saturated heterocycles. The van der Waals surface area contributed by atoms with Crippen molar-refractivity contribution in [2.24, 2.45) is 11.8 Å². The number of nitrogens with one attached hydrogen (secondary N) is 2. The third kappa shape index (κ3) is 1.89. The first kappa shape index (κ1) is 12.6. The van der Waals surface area contributed by atoms with Crippen LogP contribution in [0.4, 0.5) is 5.69 Å². The SMILES string of the molecule is Cc1n[nH]c(C)c1NC(=O)C1C2CCc3ccccc3C21. The molecule has 2 N–H and O–H groups in total. The number of aromatic amines is 1. The van der Waals surface area contributed by atoms with Crippen LogP contribution in [0.1, 0.15) is 34.9 Å². The van der Waals surface area contributed by atoms with Crippen LogP contribution in [0, 0.1) is 25.7 Å². The van der Waals surface area contributed by atoms with Crippen LogP contribution in [0.3, 0.4) is 0 Å². The summed E-state index contributed by atoms with van der Waals surface area (Å²) in [5, 5.41) is 10.1. The number of anilines is 1. The van der Waals surface area contributed by atoms with Gasteiger partial charge in [-0.15, -0.1) is 0 Å². The van der Waals surface area contributed by atoms with Crippen LogP contribution in [-0.2, 0) is 11.2 Å². The summed E-state index contributed by atoms with van der Waals surface area (Å²) in [6.45, 7) is 3.85. The predicted octanol–water partition coefficient (Wildman–Crippen LogP) is 2.94. The van der Waals surface area contributed by atoms with Gasteiger partial charge >= 0.3 is 0 Å². The average molecular weight is 281 g/mol. The van der Waals surface area contributed by atoms with E-state index in [4.69, 9.17) is 0 Å². The maximum atomic E-state index is 12.6. The molecule has 4 heteroatoms. The van der Waals surface area contributed by atoms with Crippen molar-refractivity contribution in [3.05, 3.63) is 46.8 Å². The Morgan fingerprint density at radius 1 is 1.33 bits per heavy atom. The van der Waals surface area contributed by atoms with E-state index in [-0.39, 0.29) is 11.8 Å². The van der Waals surface area contributed by atoms with Gasteiger partial charge in [-0.2, -0.15) is 5.10 Å². The zero-order chi connectivity index (χ0) is 14.6. The maximum Gasteiger partial charge on any atom is 0.228 e. The molecular formula is C17H19N3O. The number of fused-ring (bicyclic) bond motifs is 3. The molecule has 0 aliphatic heterocycles. The third-order valence-corrected chi connectivity index (χ3v) is 5.01. The Balaban J connectivity index is 1.56. The third-order valence-electron chi connectivity index (χ3n) is 5.01. The Kier molecular flexibility index (Phi) is 2.67. The fourth-order valence-corrected chi connectivity index (χ4v) is 3.87. The molecule has 2 aromatic rings. The average Bonchev–Trinajstić information content (AvgIpc) is 3.17. The number of benzene rings is 1. The molecule has 21 heavy (non-hydrogen) atoms. The molecule has 1 aromatic heterocycles. The van der Waals surface area contributed by atoms with Crippen LogP contribution in [0.25, 0.3) is 0 Å². The maximum absolute atomic E-state index is 12.6. The van der Waals surface area contributed by atoms with E-state index in [9.17, 15) is 4.79 Å². The Morgan fingerprint density at radius 3 is 2.90 bits per heavy atom. The van der Waals surface area contributed by atoms with Gasteiger partial charge in [0.15, 0.2) is 0 Å². The molecule has 1 fully saturated rings. The molecule has 3 atom stereocenters. The van der Waals surface area contributed by atoms with E-state index in [1.54, 1.807) is 0 Å². The Labute approximate surface area is 124 Å². The predicted molar refractivity (Wildman–Crippen MR) is 81.2 cm³/mol. The standard InChI is InChI=1S/C17H19N3O/c1-9-16(10(2)20-19-9)18-17(21)15-13-8-7-11-5-3-4-6-12(11)14(13)15/h3-6,13-15H,7-8H2,1-2H3,(H,18,21)(H,19,20). The van der Waals surface area contributed by atoms with Crippen LogP contribution >= 0.6 is 0 Å². The summed E-state index contributed by atoms with van der Waals surface area (Å²) in [6, 6.07) is 8.56. The summed E-state index contributed by atoms with van der Waals surface area (Å²) in [5.41, 5.74) is 5.42. The first-order valence-corrected chi connectivity index (χ1v) is 7.57. The summed E-state index contributed by atoms with van der Waals surface area (Å²) in [4.78, 5) is 12.6. The number of nitrogens with zero attached hydrogens (tertiary/aromatic N) is 1. The monoisotopic (exact) mass is 281 g/mol. The number of carbonyl (C=O) groups is 1. The van der Waals surface area contributed by atoms with Gasteiger partial charge in [-0.3, -0.25) is 9.89 Å². The molecule has 2 aliphatic carbocycles. The molecule has 1 saturated carbocycles. The lowest BCUT2D eigenvalue weighted by molar-refractivity contribution is -0.117. The molecule has 1 aromatic carbocycles. The molecule has 0 radical (unpaired) electrons. The van der Waals surface area contributed by atoms with Gasteiger partial charge in [0.1, 0.15) is 0 Å². The number of H-pyrrole nitrogens is 1. The minimum atomic E-state index is 0.127. The number of aromatic nitrogens is 2. The highest BCUT2D eigenvalue weighted by Crippen LogP contribution is 2.60. The fourth-order valence-electron chi connectivity index (χ4n) is 3.87.